The average Bonchev–Trinajstić information content (AvgIpc) is 1.95. The highest BCUT2D eigenvalue weighted by atomic mass is 28.5. The van der Waals surface area contributed by atoms with Crippen LogP contribution in [0.25, 0.3) is 0 Å². The van der Waals surface area contributed by atoms with Crippen LogP contribution in [-0.2, 0) is 12.3 Å². The fourth-order valence-electron chi connectivity index (χ4n) is 2.20. The summed E-state index contributed by atoms with van der Waals surface area (Å²) in [5, 5.41) is 0. The third-order valence-corrected chi connectivity index (χ3v) is 16.2. The largest absolute Gasteiger partial charge is 0.416 e. The molecule has 1 unspecified atom stereocenters. The van der Waals surface area contributed by atoms with Gasteiger partial charge in [0, 0.05) is 0 Å². The van der Waals surface area contributed by atoms with Crippen LogP contribution in [0.2, 0.25) is 38.3 Å². The van der Waals surface area contributed by atoms with Crippen molar-refractivity contribution in [2.75, 3.05) is 0 Å². The maximum absolute atomic E-state index is 6.22. The van der Waals surface area contributed by atoms with E-state index in [4.69, 9.17) is 12.3 Å². The third kappa shape index (κ3) is 3.78. The Labute approximate surface area is 104 Å². The van der Waals surface area contributed by atoms with Gasteiger partial charge in [0.2, 0.25) is 0 Å². The summed E-state index contributed by atoms with van der Waals surface area (Å²) in [7, 11) is -5.90. The van der Waals surface area contributed by atoms with Crippen LogP contribution in [0.3, 0.4) is 0 Å². The van der Waals surface area contributed by atoms with Gasteiger partial charge in [0.05, 0.1) is 0 Å². The summed E-state index contributed by atoms with van der Waals surface area (Å²) in [6, 6.07) is 0. The summed E-state index contributed by atoms with van der Waals surface area (Å²) >= 11 is 0. The number of hydrogen-bond acceptors (Lipinski definition) is 3. The quantitative estimate of drug-likeness (QED) is 0.717. The first-order chi connectivity index (χ1) is 6.60. The minimum absolute atomic E-state index is 0. The normalized spacial score (nSPS) is 27.9. The van der Waals surface area contributed by atoms with Crippen molar-refractivity contribution in [3.63, 3.8) is 0 Å². The Kier molecular flexibility index (Phi) is 5.20. The van der Waals surface area contributed by atoms with Crippen LogP contribution in [-0.4, -0.2) is 25.7 Å². The van der Waals surface area contributed by atoms with E-state index < -0.39 is 25.7 Å². The second-order valence-corrected chi connectivity index (χ2v) is 16.5. The van der Waals surface area contributed by atoms with Crippen molar-refractivity contribution < 1.29 is 12.3 Å². The van der Waals surface area contributed by atoms with E-state index in [0.717, 1.165) is 6.42 Å². The lowest BCUT2D eigenvalue weighted by Gasteiger charge is -2.49. The molecular weight excluding hydrogens is 252 g/mol. The lowest BCUT2D eigenvalue weighted by atomic mass is 10.4. The van der Waals surface area contributed by atoms with Crippen LogP contribution in [0.5, 0.6) is 0 Å². The standard InChI is InChI=1S/C9H24O3Si3.CH4/c1-8-9(2)15(7)11-13(3,4)10-14(5,6)12-15;/h9H,8H2,1-7H3;1H4. The van der Waals surface area contributed by atoms with Crippen molar-refractivity contribution in [1.29, 1.82) is 0 Å². The van der Waals surface area contributed by atoms with E-state index in [1.165, 1.54) is 0 Å². The molecule has 0 aromatic rings. The fourth-order valence-corrected chi connectivity index (χ4v) is 18.7. The van der Waals surface area contributed by atoms with Crippen LogP contribution in [0.15, 0.2) is 0 Å². The van der Waals surface area contributed by atoms with E-state index in [9.17, 15) is 0 Å². The monoisotopic (exact) mass is 280 g/mol. The smallest absolute Gasteiger partial charge is 0.320 e. The minimum Gasteiger partial charge on any atom is -0.416 e. The predicted molar refractivity (Wildman–Crippen MR) is 76.3 cm³/mol. The van der Waals surface area contributed by atoms with Gasteiger partial charge in [-0.3, -0.25) is 0 Å². The molecule has 0 N–H and O–H groups in total. The van der Waals surface area contributed by atoms with E-state index in [2.05, 4.69) is 46.6 Å². The van der Waals surface area contributed by atoms with Crippen molar-refractivity contribution in [3.05, 3.63) is 0 Å². The Morgan fingerprint density at radius 1 is 0.875 bits per heavy atom. The molecule has 1 rings (SSSR count). The molecule has 1 heterocycles. The summed E-state index contributed by atoms with van der Waals surface area (Å²) in [5.41, 5.74) is 0.542. The third-order valence-electron chi connectivity index (χ3n) is 2.90. The Morgan fingerprint density at radius 3 is 1.56 bits per heavy atom. The Hall–Kier alpha value is 0.531. The van der Waals surface area contributed by atoms with Crippen molar-refractivity contribution in [1.82, 2.24) is 0 Å². The highest BCUT2D eigenvalue weighted by molar-refractivity contribution is 6.93. The summed E-state index contributed by atoms with van der Waals surface area (Å²) in [6.07, 6.45) is 1.12. The summed E-state index contributed by atoms with van der Waals surface area (Å²) in [4.78, 5) is 0. The Balaban J connectivity index is 0.00000225. The number of rotatable bonds is 2. The van der Waals surface area contributed by atoms with Gasteiger partial charge in [0.15, 0.2) is 0 Å². The molecule has 98 valence electrons. The van der Waals surface area contributed by atoms with Gasteiger partial charge in [-0.2, -0.15) is 0 Å². The Morgan fingerprint density at radius 2 is 1.25 bits per heavy atom. The highest BCUT2D eigenvalue weighted by Crippen LogP contribution is 2.37. The molecule has 1 aliphatic rings. The molecule has 1 fully saturated rings. The SMILES string of the molecule is C.CCC(C)[Si]1(C)O[Si](C)(C)O[Si](C)(C)O1. The van der Waals surface area contributed by atoms with Gasteiger partial charge in [0.1, 0.15) is 0 Å². The van der Waals surface area contributed by atoms with E-state index in [1.807, 2.05) is 0 Å². The zero-order chi connectivity index (χ0) is 11.9. The van der Waals surface area contributed by atoms with E-state index in [0.29, 0.717) is 5.54 Å². The summed E-state index contributed by atoms with van der Waals surface area (Å²) in [6.45, 7) is 15.2. The highest BCUT2D eigenvalue weighted by Gasteiger charge is 2.54. The molecule has 0 aliphatic carbocycles. The van der Waals surface area contributed by atoms with Gasteiger partial charge in [-0.15, -0.1) is 0 Å². The molecule has 1 aliphatic heterocycles. The van der Waals surface area contributed by atoms with E-state index >= 15 is 0 Å². The molecule has 3 nitrogen and oxygen atoms in total. The zero-order valence-corrected chi connectivity index (χ0v) is 14.0. The molecule has 16 heavy (non-hydrogen) atoms. The molecule has 1 saturated heterocycles. The van der Waals surface area contributed by atoms with Crippen LogP contribution >= 0.6 is 0 Å². The van der Waals surface area contributed by atoms with Crippen molar-refractivity contribution in [2.45, 2.75) is 66.0 Å². The fraction of sp³-hybridized carbons (Fsp3) is 1.00. The van der Waals surface area contributed by atoms with Gasteiger partial charge in [-0.25, -0.2) is 0 Å². The van der Waals surface area contributed by atoms with Crippen LogP contribution < -0.4 is 0 Å². The maximum Gasteiger partial charge on any atom is 0.320 e. The summed E-state index contributed by atoms with van der Waals surface area (Å²) in [5.74, 6) is 0. The van der Waals surface area contributed by atoms with Crippen LogP contribution in [0.4, 0.5) is 0 Å². The molecular formula is C10H28O3Si3. The zero-order valence-electron chi connectivity index (χ0n) is 11.0. The first-order valence-electron chi connectivity index (χ1n) is 5.71. The molecule has 6 heteroatoms. The molecule has 1 atom stereocenters. The predicted octanol–water partition coefficient (Wildman–Crippen LogP) is 3.96. The topological polar surface area (TPSA) is 27.7 Å². The van der Waals surface area contributed by atoms with Gasteiger partial charge >= 0.3 is 25.7 Å². The number of hydrogen-bond donors (Lipinski definition) is 0. The molecule has 0 spiro atoms. The molecule has 0 radical (unpaired) electrons. The second-order valence-electron chi connectivity index (χ2n) is 5.43. The van der Waals surface area contributed by atoms with Gasteiger partial charge < -0.3 is 12.3 Å². The Bertz CT molecular complexity index is 227. The molecule has 0 aromatic heterocycles. The van der Waals surface area contributed by atoms with Gasteiger partial charge in [-0.05, 0) is 38.3 Å². The van der Waals surface area contributed by atoms with Crippen LogP contribution in [0.1, 0.15) is 27.7 Å². The van der Waals surface area contributed by atoms with Gasteiger partial charge in [0.25, 0.3) is 0 Å². The molecule has 0 bridgehead atoms. The molecule has 0 amide bonds. The second kappa shape index (κ2) is 5.03. The lowest BCUT2D eigenvalue weighted by Crippen LogP contribution is -2.66. The lowest BCUT2D eigenvalue weighted by molar-refractivity contribution is 0.224. The average molecular weight is 281 g/mol. The molecule has 0 saturated carbocycles. The summed E-state index contributed by atoms with van der Waals surface area (Å²) < 4.78 is 18.5. The van der Waals surface area contributed by atoms with Crippen molar-refractivity contribution in [2.24, 2.45) is 0 Å². The van der Waals surface area contributed by atoms with Crippen molar-refractivity contribution >= 4 is 25.7 Å². The van der Waals surface area contributed by atoms with E-state index in [1.54, 1.807) is 0 Å². The molecule has 0 aromatic carbocycles. The van der Waals surface area contributed by atoms with Crippen LogP contribution in [0, 0.1) is 0 Å². The van der Waals surface area contributed by atoms with Crippen molar-refractivity contribution in [3.8, 4) is 0 Å². The van der Waals surface area contributed by atoms with Gasteiger partial charge in [-0.1, -0.05) is 27.7 Å². The maximum atomic E-state index is 6.22. The first-order valence-corrected chi connectivity index (χ1v) is 13.7. The van der Waals surface area contributed by atoms with E-state index in [-0.39, 0.29) is 7.43 Å². The first kappa shape index (κ1) is 16.5. The minimum atomic E-state index is -2.01.